The second-order valence-electron chi connectivity index (χ2n) is 6.82. The number of hydrogen-bond acceptors (Lipinski definition) is 3. The highest BCUT2D eigenvalue weighted by Crippen LogP contribution is 2.35. The Morgan fingerprint density at radius 2 is 1.77 bits per heavy atom. The lowest BCUT2D eigenvalue weighted by Crippen LogP contribution is -2.54. The summed E-state index contributed by atoms with van der Waals surface area (Å²) in [7, 11) is 0. The van der Waals surface area contributed by atoms with Crippen LogP contribution in [0.15, 0.2) is 11.8 Å². The zero-order chi connectivity index (χ0) is 15.7. The molecule has 0 spiro atoms. The van der Waals surface area contributed by atoms with E-state index in [4.69, 9.17) is 4.74 Å². The molecule has 3 atom stereocenters. The number of ether oxygens (including phenoxy) is 1. The lowest BCUT2D eigenvalue weighted by molar-refractivity contribution is -0.158. The maximum atomic E-state index is 12.7. The summed E-state index contributed by atoms with van der Waals surface area (Å²) in [6.07, 6.45) is 7.66. The number of carbonyl (C=O) groups is 2. The largest absolute Gasteiger partial charge is 0.372 e. The minimum atomic E-state index is -0.367. The summed E-state index contributed by atoms with van der Waals surface area (Å²) in [5.41, 5.74) is 1.10. The Hall–Kier alpha value is -1.36. The zero-order valence-corrected chi connectivity index (χ0v) is 13.6. The molecule has 0 N–H and O–H groups in total. The van der Waals surface area contributed by atoms with Gasteiger partial charge in [0, 0.05) is 25.3 Å². The van der Waals surface area contributed by atoms with Crippen LogP contribution in [0.25, 0.3) is 0 Å². The Morgan fingerprint density at radius 3 is 2.50 bits per heavy atom. The fraction of sp³-hybridized carbons (Fsp3) is 0.765. The van der Waals surface area contributed by atoms with Crippen molar-refractivity contribution in [3.63, 3.8) is 0 Å². The van der Waals surface area contributed by atoms with Crippen molar-refractivity contribution < 1.29 is 14.3 Å². The minimum absolute atomic E-state index is 0.0106. The smallest absolute Gasteiger partial charge is 0.316 e. The molecule has 0 bridgehead atoms. The van der Waals surface area contributed by atoms with Crippen molar-refractivity contribution in [2.24, 2.45) is 5.92 Å². The molecule has 1 aliphatic carbocycles. The zero-order valence-electron chi connectivity index (χ0n) is 13.6. The number of rotatable bonds is 0. The summed E-state index contributed by atoms with van der Waals surface area (Å²) in [6, 6.07) is 0. The Kier molecular flexibility index (Phi) is 4.52. The maximum absolute atomic E-state index is 12.7. The number of piperidine rings is 1. The summed E-state index contributed by atoms with van der Waals surface area (Å²) < 4.78 is 5.65. The second-order valence-corrected chi connectivity index (χ2v) is 6.82. The van der Waals surface area contributed by atoms with Crippen LogP contribution in [0.3, 0.4) is 0 Å². The third-order valence-corrected chi connectivity index (χ3v) is 4.91. The molecule has 2 fully saturated rings. The highest BCUT2D eigenvalue weighted by molar-refractivity contribution is 6.35. The summed E-state index contributed by atoms with van der Waals surface area (Å²) in [6.45, 7) is 5.58. The first kappa shape index (κ1) is 15.5. The molecule has 5 nitrogen and oxygen atoms in total. The van der Waals surface area contributed by atoms with Gasteiger partial charge in [0.2, 0.25) is 0 Å². The molecule has 0 aromatic heterocycles. The Bertz CT molecular complexity index is 478. The standard InChI is InChI=1S/C17H26N2O3/c1-12-10-18(11-13(2)22-12)16(20)17(21)19-9-5-7-14-6-3-4-8-15(14)19/h8,12-14H,3-7,9-11H2,1-2H3/t12-,13+,14?. The molecule has 1 unspecified atom stereocenters. The van der Waals surface area contributed by atoms with Gasteiger partial charge in [-0.1, -0.05) is 6.08 Å². The van der Waals surface area contributed by atoms with Crippen LogP contribution in [0.1, 0.15) is 46.0 Å². The normalized spacial score (nSPS) is 32.3. The number of carbonyl (C=O) groups excluding carboxylic acids is 2. The number of fused-ring (bicyclic) bond motifs is 1. The number of nitrogens with zero attached hydrogens (tertiary/aromatic N) is 2. The Balaban J connectivity index is 1.72. The summed E-state index contributed by atoms with van der Waals surface area (Å²) >= 11 is 0. The van der Waals surface area contributed by atoms with Gasteiger partial charge in [-0.2, -0.15) is 0 Å². The molecule has 0 aromatic rings. The molecule has 0 saturated carbocycles. The van der Waals surface area contributed by atoms with E-state index in [9.17, 15) is 9.59 Å². The van der Waals surface area contributed by atoms with Gasteiger partial charge >= 0.3 is 11.8 Å². The van der Waals surface area contributed by atoms with Crippen molar-refractivity contribution in [3.8, 4) is 0 Å². The second kappa shape index (κ2) is 6.41. The number of allylic oxidation sites excluding steroid dienone is 2. The number of likely N-dealkylation sites (tertiary alicyclic amines) is 1. The van der Waals surface area contributed by atoms with E-state index in [1.165, 1.54) is 6.42 Å². The average molecular weight is 306 g/mol. The molecule has 3 aliphatic rings. The average Bonchev–Trinajstić information content (AvgIpc) is 2.52. The molecule has 2 aliphatic heterocycles. The monoisotopic (exact) mass is 306 g/mol. The van der Waals surface area contributed by atoms with E-state index in [1.807, 2.05) is 13.8 Å². The van der Waals surface area contributed by atoms with Gasteiger partial charge in [-0.3, -0.25) is 9.59 Å². The molecule has 3 rings (SSSR count). The van der Waals surface area contributed by atoms with E-state index >= 15 is 0 Å². The molecule has 122 valence electrons. The van der Waals surface area contributed by atoms with E-state index in [1.54, 1.807) is 9.80 Å². The fourth-order valence-corrected chi connectivity index (χ4v) is 3.99. The lowest BCUT2D eigenvalue weighted by Gasteiger charge is -2.40. The van der Waals surface area contributed by atoms with Crippen molar-refractivity contribution in [2.45, 2.75) is 58.2 Å². The molecule has 2 heterocycles. The van der Waals surface area contributed by atoms with E-state index in [-0.39, 0.29) is 24.0 Å². The summed E-state index contributed by atoms with van der Waals surface area (Å²) in [4.78, 5) is 28.7. The van der Waals surface area contributed by atoms with E-state index in [2.05, 4.69) is 6.08 Å². The number of hydrogen-bond donors (Lipinski definition) is 0. The molecular formula is C17H26N2O3. The van der Waals surface area contributed by atoms with Gasteiger partial charge in [-0.15, -0.1) is 0 Å². The van der Waals surface area contributed by atoms with E-state index in [0.717, 1.165) is 31.4 Å². The van der Waals surface area contributed by atoms with Crippen molar-refractivity contribution in [3.05, 3.63) is 11.8 Å². The van der Waals surface area contributed by atoms with E-state index in [0.29, 0.717) is 25.6 Å². The SMILES string of the molecule is C[C@@H]1CN(C(=O)C(=O)N2CCCC3CCCC=C32)C[C@H](C)O1. The fourth-order valence-electron chi connectivity index (χ4n) is 3.99. The predicted molar refractivity (Wildman–Crippen MR) is 83.0 cm³/mol. The molecule has 0 aromatic carbocycles. The topological polar surface area (TPSA) is 49.9 Å². The van der Waals surface area contributed by atoms with Crippen LogP contribution in [-0.2, 0) is 14.3 Å². The van der Waals surface area contributed by atoms with Crippen LogP contribution < -0.4 is 0 Å². The molecular weight excluding hydrogens is 280 g/mol. The maximum Gasteiger partial charge on any atom is 0.316 e. The Morgan fingerprint density at radius 1 is 1.09 bits per heavy atom. The van der Waals surface area contributed by atoms with Gasteiger partial charge in [0.05, 0.1) is 12.2 Å². The first-order valence-corrected chi connectivity index (χ1v) is 8.52. The third kappa shape index (κ3) is 3.05. The molecule has 0 radical (unpaired) electrons. The molecule has 22 heavy (non-hydrogen) atoms. The van der Waals surface area contributed by atoms with Gasteiger partial charge in [-0.05, 0) is 51.9 Å². The first-order chi connectivity index (χ1) is 10.6. The van der Waals surface area contributed by atoms with Crippen LogP contribution in [0.2, 0.25) is 0 Å². The lowest BCUT2D eigenvalue weighted by atomic mass is 9.85. The third-order valence-electron chi connectivity index (χ3n) is 4.91. The van der Waals surface area contributed by atoms with Crippen molar-refractivity contribution in [1.82, 2.24) is 9.80 Å². The number of amides is 2. The van der Waals surface area contributed by atoms with Gasteiger partial charge in [0.15, 0.2) is 0 Å². The van der Waals surface area contributed by atoms with Gasteiger partial charge in [-0.25, -0.2) is 0 Å². The van der Waals surface area contributed by atoms with Gasteiger partial charge in [0.1, 0.15) is 0 Å². The van der Waals surface area contributed by atoms with Gasteiger partial charge < -0.3 is 14.5 Å². The first-order valence-electron chi connectivity index (χ1n) is 8.52. The summed E-state index contributed by atoms with van der Waals surface area (Å²) in [5.74, 6) is -0.241. The minimum Gasteiger partial charge on any atom is -0.372 e. The molecule has 5 heteroatoms. The van der Waals surface area contributed by atoms with Crippen LogP contribution in [0, 0.1) is 5.92 Å². The van der Waals surface area contributed by atoms with Crippen molar-refractivity contribution in [1.29, 1.82) is 0 Å². The molecule has 2 saturated heterocycles. The van der Waals surface area contributed by atoms with Crippen molar-refractivity contribution >= 4 is 11.8 Å². The quantitative estimate of drug-likeness (QED) is 0.643. The molecule has 2 amide bonds. The summed E-state index contributed by atoms with van der Waals surface area (Å²) in [5, 5.41) is 0. The van der Waals surface area contributed by atoms with Crippen LogP contribution in [0.5, 0.6) is 0 Å². The highest BCUT2D eigenvalue weighted by Gasteiger charge is 2.37. The van der Waals surface area contributed by atoms with Gasteiger partial charge in [0.25, 0.3) is 0 Å². The van der Waals surface area contributed by atoms with Crippen LogP contribution in [-0.4, -0.2) is 53.5 Å². The highest BCUT2D eigenvalue weighted by atomic mass is 16.5. The van der Waals surface area contributed by atoms with Crippen LogP contribution in [0.4, 0.5) is 0 Å². The Labute approximate surface area is 132 Å². The van der Waals surface area contributed by atoms with E-state index < -0.39 is 0 Å². The van der Waals surface area contributed by atoms with Crippen molar-refractivity contribution in [2.75, 3.05) is 19.6 Å². The number of morpholine rings is 1. The van der Waals surface area contributed by atoms with Crippen LogP contribution >= 0.6 is 0 Å². The predicted octanol–water partition coefficient (Wildman–Crippen LogP) is 1.93.